The second-order valence-electron chi connectivity index (χ2n) is 4.26. The molecule has 0 aromatic rings. The molecule has 0 aromatic carbocycles. The van der Waals surface area contributed by atoms with Crippen molar-refractivity contribution in [2.75, 3.05) is 26.0 Å². The lowest BCUT2D eigenvalue weighted by Gasteiger charge is -2.29. The normalized spacial score (nSPS) is 22.4. The monoisotopic (exact) mass is 264 g/mol. The Balaban J connectivity index is 2.42. The van der Waals surface area contributed by atoms with Crippen LogP contribution in [0.1, 0.15) is 25.7 Å². The van der Waals surface area contributed by atoms with Gasteiger partial charge in [-0.1, -0.05) is 0 Å². The summed E-state index contributed by atoms with van der Waals surface area (Å²) in [4.78, 5) is 10.9. The van der Waals surface area contributed by atoms with Crippen molar-refractivity contribution in [3.8, 4) is 0 Å². The Morgan fingerprint density at radius 3 is 2.82 bits per heavy atom. The van der Waals surface area contributed by atoms with Gasteiger partial charge in [-0.15, -0.1) is 0 Å². The average molecular weight is 264 g/mol. The summed E-state index contributed by atoms with van der Waals surface area (Å²) in [5.41, 5.74) is 5.74. The van der Waals surface area contributed by atoms with E-state index in [1.807, 2.05) is 0 Å². The van der Waals surface area contributed by atoms with E-state index in [4.69, 9.17) is 5.73 Å². The first-order chi connectivity index (χ1) is 7.95. The summed E-state index contributed by atoms with van der Waals surface area (Å²) in [6.45, 7) is 0.925. The summed E-state index contributed by atoms with van der Waals surface area (Å²) >= 11 is 0. The first-order valence-electron chi connectivity index (χ1n) is 5.76. The van der Waals surface area contributed by atoms with Crippen LogP contribution in [-0.4, -0.2) is 50.7 Å². The molecule has 1 rings (SSSR count). The van der Waals surface area contributed by atoms with Gasteiger partial charge < -0.3 is 10.5 Å². The summed E-state index contributed by atoms with van der Waals surface area (Å²) < 4.78 is 29.7. The molecule has 100 valence electrons. The molecule has 0 amide bonds. The average Bonchev–Trinajstić information content (AvgIpc) is 2.28. The first kappa shape index (κ1) is 14.4. The van der Waals surface area contributed by atoms with Crippen LogP contribution in [0.15, 0.2) is 0 Å². The van der Waals surface area contributed by atoms with Crippen molar-refractivity contribution in [3.63, 3.8) is 0 Å². The standard InChI is InChI=1S/C10H20N2O4S/c1-16-10(13)5-3-7-17(14,15)12-6-2-4-9(11)8-12/h9H,2-8,11H2,1H3/t9-/m1/s1. The van der Waals surface area contributed by atoms with Crippen molar-refractivity contribution in [2.45, 2.75) is 31.7 Å². The molecule has 0 bridgehead atoms. The number of sulfonamides is 1. The Morgan fingerprint density at radius 2 is 2.24 bits per heavy atom. The van der Waals surface area contributed by atoms with Crippen LogP contribution >= 0.6 is 0 Å². The van der Waals surface area contributed by atoms with Crippen LogP contribution in [0.3, 0.4) is 0 Å². The summed E-state index contributed by atoms with van der Waals surface area (Å²) in [5.74, 6) is -0.398. The molecule has 0 radical (unpaired) electrons. The molecule has 0 aliphatic carbocycles. The minimum absolute atomic E-state index is 0.0190. The topological polar surface area (TPSA) is 89.7 Å². The second kappa shape index (κ2) is 6.32. The zero-order chi connectivity index (χ0) is 12.9. The van der Waals surface area contributed by atoms with Crippen molar-refractivity contribution in [3.05, 3.63) is 0 Å². The van der Waals surface area contributed by atoms with Crippen molar-refractivity contribution in [2.24, 2.45) is 5.73 Å². The molecule has 1 saturated heterocycles. The SMILES string of the molecule is COC(=O)CCCS(=O)(=O)N1CCC[C@@H](N)C1. The lowest BCUT2D eigenvalue weighted by molar-refractivity contribution is -0.140. The van der Waals surface area contributed by atoms with Crippen LogP contribution in [0.5, 0.6) is 0 Å². The van der Waals surface area contributed by atoms with E-state index in [2.05, 4.69) is 4.74 Å². The lowest BCUT2D eigenvalue weighted by atomic mass is 10.1. The first-order valence-corrected chi connectivity index (χ1v) is 7.37. The molecular formula is C10H20N2O4S. The lowest BCUT2D eigenvalue weighted by Crippen LogP contribution is -2.46. The molecule has 7 heteroatoms. The van der Waals surface area contributed by atoms with E-state index >= 15 is 0 Å². The number of nitrogens with zero attached hydrogens (tertiary/aromatic N) is 1. The van der Waals surface area contributed by atoms with E-state index in [0.717, 1.165) is 12.8 Å². The van der Waals surface area contributed by atoms with Gasteiger partial charge in [-0.05, 0) is 19.3 Å². The molecule has 2 N–H and O–H groups in total. The summed E-state index contributed by atoms with van der Waals surface area (Å²) in [6.07, 6.45) is 2.10. The van der Waals surface area contributed by atoms with Gasteiger partial charge in [-0.3, -0.25) is 4.79 Å². The molecule has 1 atom stereocenters. The van der Waals surface area contributed by atoms with E-state index in [1.165, 1.54) is 11.4 Å². The smallest absolute Gasteiger partial charge is 0.305 e. The maximum atomic E-state index is 11.9. The molecule has 17 heavy (non-hydrogen) atoms. The van der Waals surface area contributed by atoms with Crippen molar-refractivity contribution in [1.82, 2.24) is 4.31 Å². The minimum atomic E-state index is -3.27. The Morgan fingerprint density at radius 1 is 1.53 bits per heavy atom. The molecule has 1 heterocycles. The van der Waals surface area contributed by atoms with Crippen LogP contribution in [0.25, 0.3) is 0 Å². The highest BCUT2D eigenvalue weighted by molar-refractivity contribution is 7.89. The molecule has 6 nitrogen and oxygen atoms in total. The van der Waals surface area contributed by atoms with Gasteiger partial charge in [-0.25, -0.2) is 12.7 Å². The number of carbonyl (C=O) groups excluding carboxylic acids is 1. The zero-order valence-corrected chi connectivity index (χ0v) is 10.9. The predicted molar refractivity (Wildman–Crippen MR) is 63.8 cm³/mol. The highest BCUT2D eigenvalue weighted by atomic mass is 32.2. The Hall–Kier alpha value is -0.660. The fourth-order valence-corrected chi connectivity index (χ4v) is 3.45. The Kier molecular flexibility index (Phi) is 5.35. The highest BCUT2D eigenvalue weighted by Crippen LogP contribution is 2.14. The van der Waals surface area contributed by atoms with Crippen LogP contribution < -0.4 is 5.73 Å². The number of rotatable bonds is 5. The Labute approximate surface area is 102 Å². The third-order valence-electron chi connectivity index (χ3n) is 2.82. The van der Waals surface area contributed by atoms with Gasteiger partial charge >= 0.3 is 5.97 Å². The minimum Gasteiger partial charge on any atom is -0.469 e. The Bertz CT molecular complexity index is 355. The number of piperidine rings is 1. The molecule has 1 aliphatic rings. The van der Waals surface area contributed by atoms with Gasteiger partial charge in [0.15, 0.2) is 0 Å². The maximum absolute atomic E-state index is 11.9. The molecule has 0 aromatic heterocycles. The predicted octanol–water partition coefficient (Wildman–Crippen LogP) is -0.307. The quantitative estimate of drug-likeness (QED) is 0.688. The molecule has 0 unspecified atom stereocenters. The highest BCUT2D eigenvalue weighted by Gasteiger charge is 2.26. The van der Waals surface area contributed by atoms with Gasteiger partial charge in [0.25, 0.3) is 0 Å². The van der Waals surface area contributed by atoms with Crippen molar-refractivity contribution < 1.29 is 17.9 Å². The number of carbonyl (C=O) groups is 1. The van der Waals surface area contributed by atoms with Crippen LogP contribution in [0.4, 0.5) is 0 Å². The zero-order valence-electron chi connectivity index (χ0n) is 10.1. The molecule has 1 fully saturated rings. The van der Waals surface area contributed by atoms with Crippen LogP contribution in [0.2, 0.25) is 0 Å². The number of esters is 1. The number of nitrogens with two attached hydrogens (primary N) is 1. The third kappa shape index (κ3) is 4.61. The van der Waals surface area contributed by atoms with E-state index in [-0.39, 0.29) is 24.2 Å². The number of hydrogen-bond acceptors (Lipinski definition) is 5. The van der Waals surface area contributed by atoms with Gasteiger partial charge in [-0.2, -0.15) is 0 Å². The molecule has 1 aliphatic heterocycles. The maximum Gasteiger partial charge on any atom is 0.305 e. The van der Waals surface area contributed by atoms with E-state index in [0.29, 0.717) is 19.5 Å². The third-order valence-corrected chi connectivity index (χ3v) is 4.75. The van der Waals surface area contributed by atoms with Crippen LogP contribution in [0, 0.1) is 0 Å². The van der Waals surface area contributed by atoms with Gasteiger partial charge in [0.05, 0.1) is 12.9 Å². The van der Waals surface area contributed by atoms with Crippen LogP contribution in [-0.2, 0) is 19.6 Å². The van der Waals surface area contributed by atoms with E-state index in [1.54, 1.807) is 0 Å². The molecule has 0 spiro atoms. The van der Waals surface area contributed by atoms with Gasteiger partial charge in [0.1, 0.15) is 0 Å². The summed E-state index contributed by atoms with van der Waals surface area (Å²) in [5, 5.41) is 0. The summed E-state index contributed by atoms with van der Waals surface area (Å²) in [6, 6.07) is -0.0702. The van der Waals surface area contributed by atoms with E-state index in [9.17, 15) is 13.2 Å². The fourth-order valence-electron chi connectivity index (χ4n) is 1.86. The van der Waals surface area contributed by atoms with E-state index < -0.39 is 10.0 Å². The fraction of sp³-hybridized carbons (Fsp3) is 0.900. The van der Waals surface area contributed by atoms with Crippen molar-refractivity contribution >= 4 is 16.0 Å². The molecular weight excluding hydrogens is 244 g/mol. The van der Waals surface area contributed by atoms with Gasteiger partial charge in [0, 0.05) is 25.6 Å². The van der Waals surface area contributed by atoms with Crippen molar-refractivity contribution in [1.29, 1.82) is 0 Å². The van der Waals surface area contributed by atoms with Gasteiger partial charge in [0.2, 0.25) is 10.0 Å². The second-order valence-corrected chi connectivity index (χ2v) is 6.34. The molecule has 0 saturated carbocycles. The largest absolute Gasteiger partial charge is 0.469 e. The number of hydrogen-bond donors (Lipinski definition) is 1. The summed E-state index contributed by atoms with van der Waals surface area (Å²) in [7, 11) is -1.98. The number of methoxy groups -OCH3 is 1. The number of ether oxygens (including phenoxy) is 1.